The van der Waals surface area contributed by atoms with Crippen LogP contribution in [0.25, 0.3) is 0 Å². The Labute approximate surface area is 77.7 Å². The molecule has 13 heavy (non-hydrogen) atoms. The van der Waals surface area contributed by atoms with Gasteiger partial charge in [0.05, 0.1) is 0 Å². The molecule has 0 spiro atoms. The van der Waals surface area contributed by atoms with Crippen molar-refractivity contribution in [1.29, 1.82) is 0 Å². The Kier molecular flexibility index (Phi) is 2.17. The van der Waals surface area contributed by atoms with Crippen molar-refractivity contribution in [2.75, 3.05) is 0 Å². The Morgan fingerprint density at radius 1 is 1.54 bits per heavy atom. The van der Waals surface area contributed by atoms with Crippen LogP contribution >= 0.6 is 0 Å². The van der Waals surface area contributed by atoms with Gasteiger partial charge in [-0.2, -0.15) is 5.10 Å². The molecule has 3 heteroatoms. The number of rotatable bonds is 2. The molecule has 1 aromatic heterocycles. The molecule has 0 aliphatic heterocycles. The van der Waals surface area contributed by atoms with Gasteiger partial charge in [-0.05, 0) is 18.8 Å². The maximum absolute atomic E-state index is 10.7. The highest BCUT2D eigenvalue weighted by molar-refractivity contribution is 5.74. The molecule has 1 saturated carbocycles. The zero-order valence-corrected chi connectivity index (χ0v) is 7.86. The number of aldehydes is 1. The molecular weight excluding hydrogens is 164 g/mol. The number of carbonyl (C=O) groups is 1. The first-order chi connectivity index (χ1) is 6.31. The maximum Gasteiger partial charge on any atom is 0.170 e. The smallest absolute Gasteiger partial charge is 0.170 e. The van der Waals surface area contributed by atoms with Gasteiger partial charge in [0.15, 0.2) is 6.29 Å². The van der Waals surface area contributed by atoms with Crippen LogP contribution < -0.4 is 0 Å². The van der Waals surface area contributed by atoms with Crippen molar-refractivity contribution < 1.29 is 4.79 Å². The quantitative estimate of drug-likeness (QED) is 0.648. The van der Waals surface area contributed by atoms with Crippen LogP contribution in [0.15, 0.2) is 6.20 Å². The first-order valence-electron chi connectivity index (χ1n) is 4.80. The summed E-state index contributed by atoms with van der Waals surface area (Å²) in [4.78, 5) is 10.7. The predicted molar refractivity (Wildman–Crippen MR) is 49.8 cm³/mol. The molecule has 1 aliphatic carbocycles. The number of aromatic nitrogens is 2. The minimum Gasteiger partial charge on any atom is -0.296 e. The first kappa shape index (κ1) is 8.48. The van der Waals surface area contributed by atoms with Crippen molar-refractivity contribution in [3.8, 4) is 0 Å². The SMILES string of the molecule is Cn1cc(C2CCCC2)c(C=O)n1. The summed E-state index contributed by atoms with van der Waals surface area (Å²) in [5, 5.41) is 4.12. The second-order valence-corrected chi connectivity index (χ2v) is 3.74. The van der Waals surface area contributed by atoms with Crippen LogP contribution in [0.2, 0.25) is 0 Å². The van der Waals surface area contributed by atoms with Gasteiger partial charge in [-0.25, -0.2) is 0 Å². The van der Waals surface area contributed by atoms with E-state index in [1.54, 1.807) is 4.68 Å². The average molecular weight is 178 g/mol. The molecule has 70 valence electrons. The van der Waals surface area contributed by atoms with Gasteiger partial charge in [-0.15, -0.1) is 0 Å². The topological polar surface area (TPSA) is 34.9 Å². The predicted octanol–water partition coefficient (Wildman–Crippen LogP) is 1.89. The van der Waals surface area contributed by atoms with Gasteiger partial charge in [0.2, 0.25) is 0 Å². The second kappa shape index (κ2) is 3.32. The molecule has 1 aliphatic rings. The van der Waals surface area contributed by atoms with E-state index >= 15 is 0 Å². The Bertz CT molecular complexity index is 311. The van der Waals surface area contributed by atoms with Crippen molar-refractivity contribution in [3.05, 3.63) is 17.5 Å². The molecule has 3 nitrogen and oxygen atoms in total. The van der Waals surface area contributed by atoms with Gasteiger partial charge in [0.1, 0.15) is 5.69 Å². The van der Waals surface area contributed by atoms with Crippen molar-refractivity contribution in [3.63, 3.8) is 0 Å². The number of aryl methyl sites for hydroxylation is 1. The minimum atomic E-state index is 0.578. The van der Waals surface area contributed by atoms with Crippen LogP contribution in [0.1, 0.15) is 47.7 Å². The summed E-state index contributed by atoms with van der Waals surface area (Å²) in [5.74, 6) is 0.578. The molecule has 0 bridgehead atoms. The van der Waals surface area contributed by atoms with Crippen molar-refractivity contribution in [2.24, 2.45) is 7.05 Å². The minimum absolute atomic E-state index is 0.578. The number of carbonyl (C=O) groups excluding carboxylic acids is 1. The third kappa shape index (κ3) is 1.50. The van der Waals surface area contributed by atoms with Gasteiger partial charge >= 0.3 is 0 Å². The van der Waals surface area contributed by atoms with Crippen LogP contribution in [0.4, 0.5) is 0 Å². The summed E-state index contributed by atoms with van der Waals surface area (Å²) < 4.78 is 1.73. The zero-order chi connectivity index (χ0) is 9.26. The molecule has 1 aromatic rings. The molecule has 0 saturated heterocycles. The van der Waals surface area contributed by atoms with E-state index in [4.69, 9.17) is 0 Å². The summed E-state index contributed by atoms with van der Waals surface area (Å²) >= 11 is 0. The van der Waals surface area contributed by atoms with Gasteiger partial charge in [0, 0.05) is 18.8 Å². The summed E-state index contributed by atoms with van der Waals surface area (Å²) in [6.07, 6.45) is 7.86. The van der Waals surface area contributed by atoms with Crippen molar-refractivity contribution in [1.82, 2.24) is 9.78 Å². The fraction of sp³-hybridized carbons (Fsp3) is 0.600. The Balaban J connectivity index is 2.31. The lowest BCUT2D eigenvalue weighted by atomic mass is 9.99. The van der Waals surface area contributed by atoms with Crippen LogP contribution in [0.5, 0.6) is 0 Å². The average Bonchev–Trinajstić information content (AvgIpc) is 2.71. The summed E-state index contributed by atoms with van der Waals surface area (Å²) in [6, 6.07) is 0. The van der Waals surface area contributed by atoms with E-state index in [-0.39, 0.29) is 0 Å². The summed E-state index contributed by atoms with van der Waals surface area (Å²) in [5.41, 5.74) is 1.78. The normalized spacial score (nSPS) is 17.9. The molecule has 0 unspecified atom stereocenters. The molecule has 1 heterocycles. The summed E-state index contributed by atoms with van der Waals surface area (Å²) in [6.45, 7) is 0. The maximum atomic E-state index is 10.7. The molecule has 0 N–H and O–H groups in total. The van der Waals surface area contributed by atoms with Crippen LogP contribution in [0, 0.1) is 0 Å². The first-order valence-corrected chi connectivity index (χ1v) is 4.80. The lowest BCUT2D eigenvalue weighted by Gasteiger charge is -2.05. The number of hydrogen-bond acceptors (Lipinski definition) is 2. The monoisotopic (exact) mass is 178 g/mol. The highest BCUT2D eigenvalue weighted by Crippen LogP contribution is 2.34. The molecule has 2 rings (SSSR count). The zero-order valence-electron chi connectivity index (χ0n) is 7.86. The van der Waals surface area contributed by atoms with E-state index in [1.165, 1.54) is 25.7 Å². The second-order valence-electron chi connectivity index (χ2n) is 3.74. The number of nitrogens with zero attached hydrogens (tertiary/aromatic N) is 2. The van der Waals surface area contributed by atoms with Crippen molar-refractivity contribution in [2.45, 2.75) is 31.6 Å². The third-order valence-corrected chi connectivity index (χ3v) is 2.79. The van der Waals surface area contributed by atoms with Crippen molar-refractivity contribution >= 4 is 6.29 Å². The van der Waals surface area contributed by atoms with E-state index in [0.29, 0.717) is 11.6 Å². The molecule has 0 aromatic carbocycles. The molecule has 0 atom stereocenters. The van der Waals surface area contributed by atoms with E-state index < -0.39 is 0 Å². The highest BCUT2D eigenvalue weighted by atomic mass is 16.1. The Morgan fingerprint density at radius 3 is 2.85 bits per heavy atom. The lowest BCUT2D eigenvalue weighted by Crippen LogP contribution is -1.94. The molecular formula is C10H14N2O. The highest BCUT2D eigenvalue weighted by Gasteiger charge is 2.21. The van der Waals surface area contributed by atoms with E-state index in [1.807, 2.05) is 13.2 Å². The lowest BCUT2D eigenvalue weighted by molar-refractivity contribution is 0.111. The fourth-order valence-corrected chi connectivity index (χ4v) is 2.17. The molecule has 1 fully saturated rings. The van der Waals surface area contributed by atoms with E-state index in [9.17, 15) is 4.79 Å². The standard InChI is InChI=1S/C10H14N2O/c1-12-6-9(10(7-13)11-12)8-4-2-3-5-8/h6-8H,2-5H2,1H3. The third-order valence-electron chi connectivity index (χ3n) is 2.79. The van der Waals surface area contributed by atoms with Crippen LogP contribution in [-0.4, -0.2) is 16.1 Å². The van der Waals surface area contributed by atoms with Crippen LogP contribution in [0.3, 0.4) is 0 Å². The number of hydrogen-bond donors (Lipinski definition) is 0. The van der Waals surface area contributed by atoms with Crippen LogP contribution in [-0.2, 0) is 7.05 Å². The Hall–Kier alpha value is -1.12. The van der Waals surface area contributed by atoms with Gasteiger partial charge in [-0.1, -0.05) is 12.8 Å². The Morgan fingerprint density at radius 2 is 2.23 bits per heavy atom. The molecule has 0 radical (unpaired) electrons. The van der Waals surface area contributed by atoms with E-state index in [0.717, 1.165) is 11.8 Å². The van der Waals surface area contributed by atoms with Gasteiger partial charge in [0.25, 0.3) is 0 Å². The van der Waals surface area contributed by atoms with Gasteiger partial charge < -0.3 is 0 Å². The fourth-order valence-electron chi connectivity index (χ4n) is 2.17. The summed E-state index contributed by atoms with van der Waals surface area (Å²) in [7, 11) is 1.87. The van der Waals surface area contributed by atoms with E-state index in [2.05, 4.69) is 5.10 Å². The largest absolute Gasteiger partial charge is 0.296 e. The van der Waals surface area contributed by atoms with Gasteiger partial charge in [-0.3, -0.25) is 9.48 Å². The molecule has 0 amide bonds.